The Morgan fingerprint density at radius 1 is 1.16 bits per heavy atom. The molecule has 0 unspecified atom stereocenters. The Kier molecular flexibility index (Phi) is 5.13. The van der Waals surface area contributed by atoms with Crippen molar-refractivity contribution in [2.75, 3.05) is 0 Å². The van der Waals surface area contributed by atoms with Gasteiger partial charge in [-0.2, -0.15) is 0 Å². The van der Waals surface area contributed by atoms with Crippen LogP contribution in [0, 0.1) is 5.92 Å². The van der Waals surface area contributed by atoms with Gasteiger partial charge in [0.2, 0.25) is 0 Å². The van der Waals surface area contributed by atoms with Crippen molar-refractivity contribution in [3.8, 4) is 17.2 Å². The maximum atomic E-state index is 13.3. The summed E-state index contributed by atoms with van der Waals surface area (Å²) in [6.45, 7) is 6.86. The molecule has 6 nitrogen and oxygen atoms in total. The first-order chi connectivity index (χ1) is 14.6. The van der Waals surface area contributed by atoms with Gasteiger partial charge in [-0.15, -0.1) is 0 Å². The Labute approximate surface area is 181 Å². The molecular weight excluding hydrogens is 396 g/mol. The first-order valence-electron chi connectivity index (χ1n) is 10.4. The molecule has 2 aromatic carbocycles. The van der Waals surface area contributed by atoms with Crippen LogP contribution in [0.4, 0.5) is 0 Å². The minimum atomic E-state index is -0.937. The van der Waals surface area contributed by atoms with Gasteiger partial charge in [-0.25, -0.2) is 0 Å². The zero-order valence-electron chi connectivity index (χ0n) is 18.0. The number of hydrogen-bond acceptors (Lipinski definition) is 6. The molecule has 0 aliphatic carbocycles. The predicted molar refractivity (Wildman–Crippen MR) is 116 cm³/mol. The predicted octanol–water partition coefficient (Wildman–Crippen LogP) is 4.22. The summed E-state index contributed by atoms with van der Waals surface area (Å²) in [5.41, 5.74) is 1.08. The minimum Gasteiger partial charge on any atom is -0.506 e. The lowest BCUT2D eigenvalue weighted by atomic mass is 9.80. The number of Topliss-reactive ketones (excluding diaryl/α,β-unsaturated/α-hetero) is 1. The molecule has 162 valence electrons. The average molecular weight is 422 g/mol. The monoisotopic (exact) mass is 422 g/mol. The van der Waals surface area contributed by atoms with Crippen molar-refractivity contribution < 1.29 is 29.3 Å². The number of aromatic hydroxyl groups is 1. The van der Waals surface area contributed by atoms with Crippen molar-refractivity contribution >= 4 is 17.8 Å². The second kappa shape index (κ2) is 7.54. The molecule has 0 bridgehead atoms. The van der Waals surface area contributed by atoms with Gasteiger partial charge in [0.05, 0.1) is 18.1 Å². The lowest BCUT2D eigenvalue weighted by Gasteiger charge is -2.35. The van der Waals surface area contributed by atoms with Gasteiger partial charge in [-0.05, 0) is 38.5 Å². The van der Waals surface area contributed by atoms with Crippen LogP contribution < -0.4 is 9.47 Å². The Bertz CT molecular complexity index is 1080. The van der Waals surface area contributed by atoms with E-state index >= 15 is 0 Å². The highest BCUT2D eigenvalue weighted by atomic mass is 16.5. The van der Waals surface area contributed by atoms with E-state index in [9.17, 15) is 19.8 Å². The van der Waals surface area contributed by atoms with E-state index in [2.05, 4.69) is 0 Å². The third kappa shape index (κ3) is 3.61. The number of benzene rings is 2. The standard InChI is InChI=1S/C25H26O6/c1-13(14(2)26)21(28)20-22(29)16-10-11-25(3,4)31-23(16)19-17(12-18(27)30-24(19)20)15-8-6-5-7-9-15/h5-11,13-14,17,26,29H,12H2,1-4H3/t13-,14-,17-/m0/s1. The Balaban J connectivity index is 2.05. The fraction of sp³-hybridized carbons (Fsp3) is 0.360. The number of hydrogen-bond donors (Lipinski definition) is 2. The van der Waals surface area contributed by atoms with Crippen molar-refractivity contribution in [2.45, 2.75) is 51.7 Å². The Morgan fingerprint density at radius 2 is 1.84 bits per heavy atom. The largest absolute Gasteiger partial charge is 0.506 e. The molecule has 0 aromatic heterocycles. The van der Waals surface area contributed by atoms with Crippen LogP contribution in [-0.4, -0.2) is 33.7 Å². The van der Waals surface area contributed by atoms with Gasteiger partial charge >= 0.3 is 5.97 Å². The molecule has 0 radical (unpaired) electrons. The zero-order valence-corrected chi connectivity index (χ0v) is 18.0. The van der Waals surface area contributed by atoms with Crippen LogP contribution in [0.15, 0.2) is 36.4 Å². The number of fused-ring (bicyclic) bond motifs is 3. The summed E-state index contributed by atoms with van der Waals surface area (Å²) >= 11 is 0. The Hall–Kier alpha value is -3.12. The minimum absolute atomic E-state index is 0.0185. The molecule has 31 heavy (non-hydrogen) atoms. The number of phenols is 1. The first kappa shape index (κ1) is 21.1. The van der Waals surface area contributed by atoms with Gasteiger partial charge in [0, 0.05) is 17.4 Å². The SMILES string of the molecule is C[C@H](O)[C@H](C)C(=O)c1c(O)c2c(c3c1OC(=O)C[C@H]3c1ccccc1)OC(C)(C)C=C2. The van der Waals surface area contributed by atoms with E-state index in [4.69, 9.17) is 9.47 Å². The van der Waals surface area contributed by atoms with E-state index in [1.165, 1.54) is 6.92 Å². The zero-order chi connectivity index (χ0) is 22.5. The van der Waals surface area contributed by atoms with Crippen molar-refractivity contribution in [1.82, 2.24) is 0 Å². The van der Waals surface area contributed by atoms with Gasteiger partial charge in [-0.1, -0.05) is 37.3 Å². The molecule has 2 aliphatic rings. The highest BCUT2D eigenvalue weighted by molar-refractivity contribution is 6.06. The molecule has 0 saturated heterocycles. The van der Waals surface area contributed by atoms with Crippen LogP contribution in [-0.2, 0) is 4.79 Å². The number of aliphatic hydroxyl groups is 1. The van der Waals surface area contributed by atoms with Crippen molar-refractivity contribution in [3.63, 3.8) is 0 Å². The van der Waals surface area contributed by atoms with Gasteiger partial charge < -0.3 is 19.7 Å². The highest BCUT2D eigenvalue weighted by Gasteiger charge is 2.41. The molecule has 0 fully saturated rings. The number of phenolic OH excluding ortho intramolecular Hbond substituents is 1. The summed E-state index contributed by atoms with van der Waals surface area (Å²) in [6.07, 6.45) is 2.69. The lowest BCUT2D eigenvalue weighted by molar-refractivity contribution is -0.135. The maximum absolute atomic E-state index is 13.3. The molecule has 3 atom stereocenters. The van der Waals surface area contributed by atoms with Crippen molar-refractivity contribution in [1.29, 1.82) is 0 Å². The molecule has 2 heterocycles. The van der Waals surface area contributed by atoms with Crippen LogP contribution in [0.5, 0.6) is 17.2 Å². The van der Waals surface area contributed by atoms with Crippen LogP contribution in [0.25, 0.3) is 6.08 Å². The number of esters is 1. The quantitative estimate of drug-likeness (QED) is 0.435. The molecule has 0 saturated carbocycles. The van der Waals surface area contributed by atoms with E-state index in [1.54, 1.807) is 19.1 Å². The fourth-order valence-corrected chi connectivity index (χ4v) is 4.07. The van der Waals surface area contributed by atoms with Gasteiger partial charge in [0.25, 0.3) is 0 Å². The molecule has 4 rings (SSSR count). The lowest BCUT2D eigenvalue weighted by Crippen LogP contribution is -2.32. The van der Waals surface area contributed by atoms with Crippen LogP contribution in [0.3, 0.4) is 0 Å². The third-order valence-corrected chi connectivity index (χ3v) is 5.99. The summed E-state index contributed by atoms with van der Waals surface area (Å²) < 4.78 is 11.8. The highest BCUT2D eigenvalue weighted by Crippen LogP contribution is 2.54. The fourth-order valence-electron chi connectivity index (χ4n) is 4.07. The summed E-state index contributed by atoms with van der Waals surface area (Å²) in [7, 11) is 0. The van der Waals surface area contributed by atoms with E-state index < -0.39 is 35.3 Å². The number of carbonyl (C=O) groups is 2. The van der Waals surface area contributed by atoms with E-state index in [0.29, 0.717) is 16.9 Å². The first-order valence-corrected chi connectivity index (χ1v) is 10.4. The van der Waals surface area contributed by atoms with E-state index in [-0.39, 0.29) is 23.5 Å². The molecule has 6 heteroatoms. The number of carbonyl (C=O) groups excluding carboxylic acids is 2. The number of ketones is 1. The van der Waals surface area contributed by atoms with Crippen LogP contribution in [0.1, 0.15) is 67.1 Å². The molecular formula is C25H26O6. The maximum Gasteiger partial charge on any atom is 0.312 e. The van der Waals surface area contributed by atoms with Crippen LogP contribution >= 0.6 is 0 Å². The molecule has 0 spiro atoms. The smallest absolute Gasteiger partial charge is 0.312 e. The average Bonchev–Trinajstić information content (AvgIpc) is 2.72. The molecule has 2 N–H and O–H groups in total. The van der Waals surface area contributed by atoms with E-state index in [0.717, 1.165) is 5.56 Å². The molecule has 2 aromatic rings. The molecule has 2 aliphatic heterocycles. The van der Waals surface area contributed by atoms with Gasteiger partial charge in [-0.3, -0.25) is 9.59 Å². The number of ether oxygens (including phenoxy) is 2. The van der Waals surface area contributed by atoms with E-state index in [1.807, 2.05) is 44.2 Å². The molecule has 0 amide bonds. The van der Waals surface area contributed by atoms with Crippen molar-refractivity contribution in [2.24, 2.45) is 5.92 Å². The second-order valence-electron chi connectivity index (χ2n) is 8.78. The summed E-state index contributed by atoms with van der Waals surface area (Å²) in [5.74, 6) is -2.07. The Morgan fingerprint density at radius 3 is 2.48 bits per heavy atom. The number of aliphatic hydroxyl groups excluding tert-OH is 1. The third-order valence-electron chi connectivity index (χ3n) is 5.99. The van der Waals surface area contributed by atoms with Gasteiger partial charge in [0.15, 0.2) is 11.5 Å². The second-order valence-corrected chi connectivity index (χ2v) is 8.78. The van der Waals surface area contributed by atoms with Gasteiger partial charge in [0.1, 0.15) is 22.7 Å². The summed E-state index contributed by atoms with van der Waals surface area (Å²) in [5, 5.41) is 21.1. The summed E-state index contributed by atoms with van der Waals surface area (Å²) in [6, 6.07) is 9.48. The topological polar surface area (TPSA) is 93.1 Å². The van der Waals surface area contributed by atoms with Crippen LogP contribution in [0.2, 0.25) is 0 Å². The van der Waals surface area contributed by atoms with Crippen molar-refractivity contribution in [3.05, 3.63) is 58.7 Å². The normalized spacial score (nSPS) is 20.7. The summed E-state index contributed by atoms with van der Waals surface area (Å²) in [4.78, 5) is 25.8. The number of rotatable bonds is 4.